The van der Waals surface area contributed by atoms with E-state index in [1.807, 2.05) is 28.2 Å². The van der Waals surface area contributed by atoms with Crippen molar-refractivity contribution in [3.63, 3.8) is 0 Å². The molecule has 0 saturated heterocycles. The summed E-state index contributed by atoms with van der Waals surface area (Å²) in [7, 11) is 12.3. The first-order chi connectivity index (χ1) is 36.8. The molecule has 0 aromatic carbocycles. The van der Waals surface area contributed by atoms with E-state index in [-0.39, 0.29) is 132 Å². The molecular formula is C63H138N18Ni6-6. The van der Waals surface area contributed by atoms with Crippen molar-refractivity contribution in [1.82, 2.24) is 29.4 Å². The van der Waals surface area contributed by atoms with E-state index in [1.54, 1.807) is 38.0 Å². The van der Waals surface area contributed by atoms with Crippen LogP contribution in [0.5, 0.6) is 0 Å². The quantitative estimate of drug-likeness (QED) is 0.0311. The molecule has 0 fully saturated rings. The smallest absolute Gasteiger partial charge is 0.00597 e. The Bertz CT molecular complexity index is 1540. The van der Waals surface area contributed by atoms with Crippen LogP contribution in [0, 0.1) is 0 Å². The van der Waals surface area contributed by atoms with Gasteiger partial charge in [-0.25, -0.2) is 0 Å². The average molecular weight is 1500 g/mol. The van der Waals surface area contributed by atoms with Gasteiger partial charge in [-0.3, -0.25) is 0 Å². The molecular weight excluding hydrogens is 1360 g/mol. The third kappa shape index (κ3) is 107. The molecule has 18 nitrogen and oxygen atoms in total. The first-order valence-electron chi connectivity index (χ1n) is 30.3. The van der Waals surface area contributed by atoms with Crippen molar-refractivity contribution in [3.05, 3.63) is 31.9 Å². The normalized spacial score (nSPS) is 13.4. The van der Waals surface area contributed by atoms with Crippen LogP contribution >= 0.6 is 0 Å². The van der Waals surface area contributed by atoms with E-state index in [0.29, 0.717) is 24.2 Å². The summed E-state index contributed by atoms with van der Waals surface area (Å²) >= 11 is 0. The van der Waals surface area contributed by atoms with Crippen LogP contribution in [0.2, 0.25) is 0 Å². The summed E-state index contributed by atoms with van der Waals surface area (Å²) in [5.41, 5.74) is -0.0546. The number of aliphatic imine (C=N–C) groups is 6. The number of rotatable bonds is 29. The monoisotopic (exact) mass is 1490 g/mol. The van der Waals surface area contributed by atoms with Gasteiger partial charge in [0.05, 0.1) is 0 Å². The predicted octanol–water partition coefficient (Wildman–Crippen LogP) is 14.3. The Morgan fingerprint density at radius 3 is 0.908 bits per heavy atom. The summed E-state index contributed by atoms with van der Waals surface area (Å²) in [4.78, 5) is 39.2. The van der Waals surface area contributed by atoms with Crippen molar-refractivity contribution in [3.8, 4) is 0 Å². The second kappa shape index (κ2) is 65.6. The van der Waals surface area contributed by atoms with Gasteiger partial charge in [0.15, 0.2) is 0 Å². The van der Waals surface area contributed by atoms with Gasteiger partial charge in [-0.1, -0.05) is 180 Å². The summed E-state index contributed by atoms with van der Waals surface area (Å²) in [6.45, 7) is 71.5. The van der Waals surface area contributed by atoms with Gasteiger partial charge in [0, 0.05) is 118 Å². The first-order valence-corrected chi connectivity index (χ1v) is 30.3. The molecule has 546 valence electrons. The molecule has 0 heterocycles. The van der Waals surface area contributed by atoms with E-state index in [0.717, 1.165) is 85.2 Å². The Morgan fingerprint density at radius 2 is 0.632 bits per heavy atom. The molecule has 0 aromatic heterocycles. The maximum absolute atomic E-state index is 4.41. The SMILES string of the molecule is CC(CN(C)C)[N-]C=NC(C)(C)C.CC(C[N-]C=NC(C)(C)C)N(C)C.CCN(CC)C(C)C[N-]C=NC(C)(C)C.CCN(CC)CC(C)[N-]C=NC(C)(C)C.CCN(CC)C[N-]C=NC(C)(C)C.CN(C)CC[N-]C=NC(C)(C)C.[Ni].[Ni].[Ni].[Ni].[Ni].[Ni]. The minimum Gasteiger partial charge on any atom is -0.471 e. The molecule has 24 heteroatoms. The van der Waals surface area contributed by atoms with E-state index in [2.05, 4.69) is 299 Å². The molecule has 0 radical (unpaired) electrons. The van der Waals surface area contributed by atoms with E-state index in [1.165, 1.54) is 0 Å². The third-order valence-electron chi connectivity index (χ3n) is 10.6. The summed E-state index contributed by atoms with van der Waals surface area (Å²) in [5, 5.41) is 25.7. The molecule has 0 saturated carbocycles. The summed E-state index contributed by atoms with van der Waals surface area (Å²) in [5.74, 6) is 0. The Morgan fingerprint density at radius 1 is 0.345 bits per heavy atom. The van der Waals surface area contributed by atoms with Gasteiger partial charge in [0.25, 0.3) is 0 Å². The van der Waals surface area contributed by atoms with Crippen LogP contribution in [-0.2, 0) is 98.9 Å². The van der Waals surface area contributed by atoms with Crippen molar-refractivity contribution in [1.29, 1.82) is 0 Å². The van der Waals surface area contributed by atoms with Crippen LogP contribution in [0.15, 0.2) is 30.0 Å². The molecule has 0 amide bonds. The molecule has 0 aromatic rings. The van der Waals surface area contributed by atoms with Crippen LogP contribution in [0.25, 0.3) is 31.9 Å². The topological polar surface area (TPSA) is 178 Å². The third-order valence-corrected chi connectivity index (χ3v) is 10.6. The fraction of sp³-hybridized carbons (Fsp3) is 0.905. The molecule has 0 aliphatic carbocycles. The second-order valence-electron chi connectivity index (χ2n) is 27.2. The molecule has 0 aliphatic rings. The Balaban J connectivity index is -0.0000000767. The van der Waals surface area contributed by atoms with Gasteiger partial charge in [0.1, 0.15) is 0 Å². The van der Waals surface area contributed by atoms with Gasteiger partial charge in [-0.2, -0.15) is 0 Å². The average Bonchev–Trinajstić information content (AvgIpc) is 3.30. The van der Waals surface area contributed by atoms with Crippen molar-refractivity contribution in [2.45, 2.75) is 251 Å². The van der Waals surface area contributed by atoms with E-state index < -0.39 is 0 Å². The summed E-state index contributed by atoms with van der Waals surface area (Å²) < 4.78 is 0. The molecule has 0 rings (SSSR count). The minimum atomic E-state index is -0.0155. The van der Waals surface area contributed by atoms with Crippen molar-refractivity contribution in [2.24, 2.45) is 30.0 Å². The van der Waals surface area contributed by atoms with Crippen LogP contribution in [0.1, 0.15) is 194 Å². The van der Waals surface area contributed by atoms with E-state index in [9.17, 15) is 0 Å². The molecule has 0 spiro atoms. The molecule has 4 atom stereocenters. The molecule has 87 heavy (non-hydrogen) atoms. The zero-order valence-corrected chi connectivity index (χ0v) is 67.8. The number of hydrogen-bond donors (Lipinski definition) is 0. The van der Waals surface area contributed by atoms with Gasteiger partial charge in [-0.05, 0) is 180 Å². The fourth-order valence-electron chi connectivity index (χ4n) is 5.39. The van der Waals surface area contributed by atoms with E-state index in [4.69, 9.17) is 0 Å². The maximum atomic E-state index is 4.41. The Kier molecular flexibility index (Phi) is 85.9. The van der Waals surface area contributed by atoms with Gasteiger partial charge >= 0.3 is 0 Å². The van der Waals surface area contributed by atoms with Crippen LogP contribution < -0.4 is 0 Å². The largest absolute Gasteiger partial charge is 0.471 e. The van der Waals surface area contributed by atoms with Crippen molar-refractivity contribution < 1.29 is 98.9 Å². The first kappa shape index (κ1) is 114. The Hall–Kier alpha value is -0.459. The molecule has 0 aliphatic heterocycles. The van der Waals surface area contributed by atoms with E-state index >= 15 is 0 Å². The van der Waals surface area contributed by atoms with Gasteiger partial charge < -0.3 is 91.3 Å². The second-order valence-corrected chi connectivity index (χ2v) is 27.2. The van der Waals surface area contributed by atoms with Crippen molar-refractivity contribution >= 4 is 38.0 Å². The summed E-state index contributed by atoms with van der Waals surface area (Å²) in [6, 6.07) is 1.63. The van der Waals surface area contributed by atoms with Gasteiger partial charge in [-0.15, -0.1) is 38.0 Å². The standard InChI is InChI=1S/2C12H26N3.3C10H22N3.C9H20N3.6Ni/c1-7-15(8-2)9-11(3)13-10-14-12(4,5)6;1-7-15(8-2)11(3)9-13-10-14-12(4,5)6;1-9(7-13(5)6)11-8-12-10(2,3)4;1-9(13(5)6)7-11-8-12-10(2,3)4;1-6-13(7-2)9-11-8-12-10(3,4)5;1-9(2,3)11-8-10-6-7-12(4)5;;;;;;/h2*10-11H,7-9H2,1-6H3;2*8-9H,7H2,1-6H3;8H,6-7,9H2,1-5H3;8H,6-7H2,1-5H3;;;;;;/q6*-1;;;;;;. The molecule has 4 unspecified atom stereocenters. The van der Waals surface area contributed by atoms with Crippen molar-refractivity contribution in [2.75, 3.05) is 127 Å². The predicted molar refractivity (Wildman–Crippen MR) is 371 cm³/mol. The fourth-order valence-corrected chi connectivity index (χ4v) is 5.39. The Labute approximate surface area is 602 Å². The number of likely N-dealkylation sites (N-methyl/N-ethyl adjacent to an activating group) is 5. The van der Waals surface area contributed by atoms with Crippen LogP contribution in [0.3, 0.4) is 0 Å². The maximum Gasteiger partial charge on any atom is 0.00597 e. The number of hydrogen-bond acceptors (Lipinski definition) is 12. The minimum absolute atomic E-state index is 0. The van der Waals surface area contributed by atoms with Gasteiger partial charge in [0.2, 0.25) is 0 Å². The summed E-state index contributed by atoms with van der Waals surface area (Å²) in [6.07, 6.45) is 10.1. The molecule has 0 bridgehead atoms. The number of nitrogens with zero attached hydrogens (tertiary/aromatic N) is 18. The zero-order chi connectivity index (χ0) is 64.7. The zero-order valence-electron chi connectivity index (χ0n) is 61.9. The molecule has 0 N–H and O–H groups in total. The van der Waals surface area contributed by atoms with Crippen LogP contribution in [0.4, 0.5) is 0 Å². The van der Waals surface area contributed by atoms with Crippen LogP contribution in [-0.4, -0.2) is 252 Å².